The molecule has 2 aliphatic rings. The zero-order valence-corrected chi connectivity index (χ0v) is 10.2. The van der Waals surface area contributed by atoms with E-state index in [0.717, 1.165) is 17.7 Å². The van der Waals surface area contributed by atoms with Crippen LogP contribution in [0.2, 0.25) is 0 Å². The van der Waals surface area contributed by atoms with Crippen molar-refractivity contribution in [2.24, 2.45) is 0 Å². The van der Waals surface area contributed by atoms with Crippen molar-refractivity contribution in [3.05, 3.63) is 34.9 Å². The van der Waals surface area contributed by atoms with Crippen molar-refractivity contribution in [2.75, 3.05) is 7.11 Å². The number of carbonyl (C=O) groups is 1. The largest absolute Gasteiger partial charge is 0.468 e. The van der Waals surface area contributed by atoms with Gasteiger partial charge in [-0.05, 0) is 29.7 Å². The van der Waals surface area contributed by atoms with Gasteiger partial charge in [0.15, 0.2) is 0 Å². The molecular formula is C13H12F3NO2. The van der Waals surface area contributed by atoms with Crippen molar-refractivity contribution in [2.45, 2.75) is 30.6 Å². The van der Waals surface area contributed by atoms with Crippen LogP contribution in [0.1, 0.15) is 29.0 Å². The Morgan fingerprint density at radius 1 is 1.47 bits per heavy atom. The van der Waals surface area contributed by atoms with E-state index in [4.69, 9.17) is 4.74 Å². The Morgan fingerprint density at radius 2 is 2.21 bits per heavy atom. The van der Waals surface area contributed by atoms with Crippen LogP contribution in [0.4, 0.5) is 13.2 Å². The van der Waals surface area contributed by atoms with Crippen LogP contribution in [0.15, 0.2) is 18.2 Å². The van der Waals surface area contributed by atoms with Gasteiger partial charge in [0.05, 0.1) is 12.7 Å². The molecule has 19 heavy (non-hydrogen) atoms. The quantitative estimate of drug-likeness (QED) is 0.796. The molecule has 1 aromatic carbocycles. The van der Waals surface area contributed by atoms with E-state index >= 15 is 0 Å². The van der Waals surface area contributed by atoms with E-state index in [2.05, 4.69) is 5.32 Å². The summed E-state index contributed by atoms with van der Waals surface area (Å²) in [5, 5.41) is 3.01. The summed E-state index contributed by atoms with van der Waals surface area (Å²) in [6.45, 7) is 0.255. The molecule has 0 aromatic heterocycles. The van der Waals surface area contributed by atoms with E-state index in [1.165, 1.54) is 13.2 Å². The third-order valence-corrected chi connectivity index (χ3v) is 3.95. The normalized spacial score (nSPS) is 28.3. The first-order chi connectivity index (χ1) is 8.88. The molecule has 0 radical (unpaired) electrons. The van der Waals surface area contributed by atoms with Crippen LogP contribution < -0.4 is 5.32 Å². The van der Waals surface area contributed by atoms with Crippen molar-refractivity contribution < 1.29 is 22.7 Å². The first kappa shape index (κ1) is 12.5. The Hall–Kier alpha value is -1.56. The molecule has 1 fully saturated rings. The van der Waals surface area contributed by atoms with Gasteiger partial charge in [0.1, 0.15) is 5.54 Å². The molecular weight excluding hydrogens is 259 g/mol. The SMILES string of the molecule is COC(=O)[C@@]12C[C@@H]1c1ccc(C(F)(F)F)cc1CN2. The molecule has 1 N–H and O–H groups in total. The number of ether oxygens (including phenoxy) is 1. The minimum Gasteiger partial charge on any atom is -0.468 e. The van der Waals surface area contributed by atoms with Crippen LogP contribution in [0.25, 0.3) is 0 Å². The third kappa shape index (κ3) is 1.74. The fourth-order valence-corrected chi connectivity index (χ4v) is 2.84. The van der Waals surface area contributed by atoms with Crippen LogP contribution >= 0.6 is 0 Å². The molecule has 6 heteroatoms. The van der Waals surface area contributed by atoms with Gasteiger partial charge in [-0.2, -0.15) is 13.2 Å². The van der Waals surface area contributed by atoms with E-state index in [9.17, 15) is 18.0 Å². The highest BCUT2D eigenvalue weighted by Crippen LogP contribution is 2.55. The molecule has 0 spiro atoms. The molecule has 1 saturated carbocycles. The minimum absolute atomic E-state index is 0.0778. The Morgan fingerprint density at radius 3 is 2.84 bits per heavy atom. The number of nitrogens with one attached hydrogen (secondary N) is 1. The van der Waals surface area contributed by atoms with Gasteiger partial charge in [0, 0.05) is 12.5 Å². The summed E-state index contributed by atoms with van der Waals surface area (Å²) in [7, 11) is 1.32. The van der Waals surface area contributed by atoms with Crippen molar-refractivity contribution in [3.8, 4) is 0 Å². The van der Waals surface area contributed by atoms with Crippen molar-refractivity contribution in [1.82, 2.24) is 5.32 Å². The van der Waals surface area contributed by atoms with Crippen LogP contribution in [0, 0.1) is 0 Å². The van der Waals surface area contributed by atoms with Gasteiger partial charge in [0.2, 0.25) is 0 Å². The minimum atomic E-state index is -4.34. The Bertz CT molecular complexity index is 555. The van der Waals surface area contributed by atoms with Gasteiger partial charge in [-0.15, -0.1) is 0 Å². The molecule has 1 aliphatic heterocycles. The third-order valence-electron chi connectivity index (χ3n) is 3.95. The van der Waals surface area contributed by atoms with Crippen LogP contribution in [0.3, 0.4) is 0 Å². The van der Waals surface area contributed by atoms with E-state index in [1.54, 1.807) is 0 Å². The topological polar surface area (TPSA) is 38.3 Å². The first-order valence-corrected chi connectivity index (χ1v) is 5.92. The van der Waals surface area contributed by atoms with Crippen molar-refractivity contribution in [3.63, 3.8) is 0 Å². The summed E-state index contributed by atoms with van der Waals surface area (Å²) in [6, 6.07) is 3.71. The molecule has 102 valence electrons. The lowest BCUT2D eigenvalue weighted by molar-refractivity contribution is -0.145. The second-order valence-electron chi connectivity index (χ2n) is 4.98. The molecule has 1 heterocycles. The molecule has 0 saturated heterocycles. The van der Waals surface area contributed by atoms with Crippen molar-refractivity contribution in [1.29, 1.82) is 0 Å². The number of halogens is 3. The van der Waals surface area contributed by atoms with Gasteiger partial charge in [0.25, 0.3) is 0 Å². The average Bonchev–Trinajstić information content (AvgIpc) is 3.12. The zero-order valence-electron chi connectivity index (χ0n) is 10.2. The maximum Gasteiger partial charge on any atom is 0.416 e. The number of fused-ring (bicyclic) bond motifs is 3. The molecule has 0 amide bonds. The first-order valence-electron chi connectivity index (χ1n) is 5.92. The lowest BCUT2D eigenvalue weighted by atomic mass is 9.94. The second-order valence-corrected chi connectivity index (χ2v) is 4.98. The Labute approximate surface area is 107 Å². The van der Waals surface area contributed by atoms with Gasteiger partial charge in [-0.1, -0.05) is 6.07 Å². The smallest absolute Gasteiger partial charge is 0.416 e. The lowest BCUT2D eigenvalue weighted by Crippen LogP contribution is -2.43. The van der Waals surface area contributed by atoms with Crippen LogP contribution in [0.5, 0.6) is 0 Å². The molecule has 1 aromatic rings. The maximum absolute atomic E-state index is 12.6. The number of hydrogen-bond acceptors (Lipinski definition) is 3. The van der Waals surface area contributed by atoms with E-state index in [1.807, 2.05) is 0 Å². The Balaban J connectivity index is 1.95. The zero-order chi connectivity index (χ0) is 13.8. The summed E-state index contributed by atoms with van der Waals surface area (Å²) in [5.41, 5.74) is 0.0508. The molecule has 0 bridgehead atoms. The fraction of sp³-hybridized carbons (Fsp3) is 0.462. The Kier molecular flexibility index (Phi) is 2.44. The lowest BCUT2D eigenvalue weighted by Gasteiger charge is -2.24. The van der Waals surface area contributed by atoms with Crippen LogP contribution in [-0.2, 0) is 22.3 Å². The number of alkyl halides is 3. The van der Waals surface area contributed by atoms with E-state index < -0.39 is 17.3 Å². The van der Waals surface area contributed by atoms with Crippen LogP contribution in [-0.4, -0.2) is 18.6 Å². The van der Waals surface area contributed by atoms with Gasteiger partial charge in [-0.25, -0.2) is 0 Å². The highest BCUT2D eigenvalue weighted by atomic mass is 19.4. The summed E-state index contributed by atoms with van der Waals surface area (Å²) < 4.78 is 42.6. The monoisotopic (exact) mass is 271 g/mol. The molecule has 2 atom stereocenters. The highest BCUT2D eigenvalue weighted by molar-refractivity contribution is 5.87. The number of rotatable bonds is 1. The highest BCUT2D eigenvalue weighted by Gasteiger charge is 2.63. The summed E-state index contributed by atoms with van der Waals surface area (Å²) in [6.07, 6.45) is -3.76. The number of methoxy groups -OCH3 is 1. The van der Waals surface area contributed by atoms with Gasteiger partial charge < -0.3 is 4.74 Å². The van der Waals surface area contributed by atoms with Gasteiger partial charge >= 0.3 is 12.1 Å². The average molecular weight is 271 g/mol. The summed E-state index contributed by atoms with van der Waals surface area (Å²) in [5.74, 6) is -0.422. The molecule has 3 nitrogen and oxygen atoms in total. The number of carbonyl (C=O) groups excluding carboxylic acids is 1. The number of esters is 1. The summed E-state index contributed by atoms with van der Waals surface area (Å²) in [4.78, 5) is 11.7. The number of benzene rings is 1. The predicted molar refractivity (Wildman–Crippen MR) is 60.4 cm³/mol. The van der Waals surface area contributed by atoms with Gasteiger partial charge in [-0.3, -0.25) is 10.1 Å². The fourth-order valence-electron chi connectivity index (χ4n) is 2.84. The summed E-state index contributed by atoms with van der Waals surface area (Å²) >= 11 is 0. The molecule has 0 unspecified atom stereocenters. The van der Waals surface area contributed by atoms with E-state index in [-0.39, 0.29) is 18.4 Å². The predicted octanol–water partition coefficient (Wildman–Crippen LogP) is 2.21. The second kappa shape index (κ2) is 3.72. The molecule has 1 aliphatic carbocycles. The number of hydrogen-bond donors (Lipinski definition) is 1. The van der Waals surface area contributed by atoms with Crippen molar-refractivity contribution >= 4 is 5.97 Å². The standard InChI is InChI=1S/C13H12F3NO2/c1-19-11(18)12-5-10(12)9-3-2-8(13(14,15)16)4-7(9)6-17-12/h2-4,10,17H,5-6H2,1H3/t10-,12-/m1/s1. The molecule has 3 rings (SSSR count). The van der Waals surface area contributed by atoms with E-state index in [0.29, 0.717) is 12.0 Å². The maximum atomic E-state index is 12.6.